The lowest BCUT2D eigenvalue weighted by Crippen LogP contribution is -2.31. The predicted molar refractivity (Wildman–Crippen MR) is 148 cm³/mol. The molecule has 40 heavy (non-hydrogen) atoms. The molecule has 0 bridgehead atoms. The number of carbonyl (C=O) groups excluding carboxylic acids is 2. The van der Waals surface area contributed by atoms with Crippen LogP contribution in [0.15, 0.2) is 96.4 Å². The zero-order chi connectivity index (χ0) is 27.5. The van der Waals surface area contributed by atoms with E-state index in [-0.39, 0.29) is 37.2 Å². The molecule has 2 aliphatic heterocycles. The molecule has 2 amide bonds. The number of imide groups is 1. The predicted octanol–water partition coefficient (Wildman–Crippen LogP) is 5.10. The first-order valence-corrected chi connectivity index (χ1v) is 14.0. The number of hydrogen-bond donors (Lipinski definition) is 1. The number of ether oxygens (including phenoxy) is 2. The smallest absolute Gasteiger partial charge is 0.261 e. The SMILES string of the molecule is O=C1c2ccccc2C(=O)N1Cc1ccc(C2OC(CSc3ncccn3)CC(c3ccc(CO)cc3)O2)cc1. The van der Waals surface area contributed by atoms with Crippen LogP contribution in [-0.4, -0.2) is 43.6 Å². The van der Waals surface area contributed by atoms with Crippen LogP contribution in [0.5, 0.6) is 0 Å². The van der Waals surface area contributed by atoms with Gasteiger partial charge in [0, 0.05) is 30.1 Å². The Balaban J connectivity index is 1.18. The van der Waals surface area contributed by atoms with E-state index in [1.54, 1.807) is 42.7 Å². The van der Waals surface area contributed by atoms with Crippen molar-refractivity contribution in [3.05, 3.63) is 125 Å². The standard InChI is InChI=1S/C31H27N3O5S/c35-18-21-8-10-22(11-9-21)27-16-24(19-40-31-32-14-3-15-33-31)38-30(39-27)23-12-6-20(7-13-23)17-34-28(36)25-4-1-2-5-26(25)29(34)37/h1-15,24,27,30,35H,16-19H2. The third-order valence-corrected chi connectivity index (χ3v) is 8.03. The summed E-state index contributed by atoms with van der Waals surface area (Å²) < 4.78 is 12.8. The number of nitrogens with zero attached hydrogens (tertiary/aromatic N) is 3. The Kier molecular flexibility index (Phi) is 7.70. The van der Waals surface area contributed by atoms with Gasteiger partial charge in [-0.15, -0.1) is 0 Å². The zero-order valence-corrected chi connectivity index (χ0v) is 22.4. The lowest BCUT2D eigenvalue weighted by atomic mass is 10.0. The molecule has 3 unspecified atom stereocenters. The number of aliphatic hydroxyl groups is 1. The molecule has 4 aromatic rings. The maximum atomic E-state index is 12.8. The van der Waals surface area contributed by atoms with Gasteiger partial charge in [-0.25, -0.2) is 9.97 Å². The number of aliphatic hydroxyl groups excluding tert-OH is 1. The van der Waals surface area contributed by atoms with E-state index in [0.29, 0.717) is 28.5 Å². The van der Waals surface area contributed by atoms with E-state index < -0.39 is 6.29 Å². The molecule has 0 saturated carbocycles. The molecule has 3 heterocycles. The van der Waals surface area contributed by atoms with Crippen LogP contribution in [0.3, 0.4) is 0 Å². The van der Waals surface area contributed by atoms with Crippen LogP contribution >= 0.6 is 11.8 Å². The minimum Gasteiger partial charge on any atom is -0.392 e. The van der Waals surface area contributed by atoms with Gasteiger partial charge in [-0.2, -0.15) is 0 Å². The van der Waals surface area contributed by atoms with Gasteiger partial charge in [0.2, 0.25) is 0 Å². The molecule has 2 aliphatic rings. The fourth-order valence-electron chi connectivity index (χ4n) is 4.90. The number of thioether (sulfide) groups is 1. The summed E-state index contributed by atoms with van der Waals surface area (Å²) in [6, 6.07) is 24.1. The second-order valence-electron chi connectivity index (χ2n) is 9.68. The highest BCUT2D eigenvalue weighted by atomic mass is 32.2. The van der Waals surface area contributed by atoms with E-state index >= 15 is 0 Å². The topological polar surface area (TPSA) is 102 Å². The molecule has 9 heteroatoms. The van der Waals surface area contributed by atoms with Crippen molar-refractivity contribution in [2.24, 2.45) is 0 Å². The van der Waals surface area contributed by atoms with Gasteiger partial charge in [0.1, 0.15) is 0 Å². The molecule has 3 atom stereocenters. The number of amides is 2. The normalized spacial score (nSPS) is 20.5. The fraction of sp³-hybridized carbons (Fsp3) is 0.226. The van der Waals surface area contributed by atoms with Crippen LogP contribution in [0.25, 0.3) is 0 Å². The fourth-order valence-corrected chi connectivity index (χ4v) is 5.72. The Hall–Kier alpha value is -3.89. The number of fused-ring (bicyclic) bond motifs is 1. The highest BCUT2D eigenvalue weighted by molar-refractivity contribution is 7.99. The Bertz CT molecular complexity index is 1460. The molecule has 0 radical (unpaired) electrons. The number of carbonyl (C=O) groups is 2. The average Bonchev–Trinajstić information content (AvgIpc) is 3.25. The van der Waals surface area contributed by atoms with E-state index in [9.17, 15) is 14.7 Å². The van der Waals surface area contributed by atoms with Crippen LogP contribution in [0.4, 0.5) is 0 Å². The third-order valence-electron chi connectivity index (χ3n) is 7.03. The van der Waals surface area contributed by atoms with Gasteiger partial charge >= 0.3 is 0 Å². The molecule has 1 fully saturated rings. The van der Waals surface area contributed by atoms with Crippen molar-refractivity contribution in [3.63, 3.8) is 0 Å². The molecule has 0 spiro atoms. The minimum absolute atomic E-state index is 0.0130. The minimum atomic E-state index is -0.605. The summed E-state index contributed by atoms with van der Waals surface area (Å²) in [5.41, 5.74) is 4.41. The van der Waals surface area contributed by atoms with Crippen molar-refractivity contribution < 1.29 is 24.2 Å². The van der Waals surface area contributed by atoms with Crippen molar-refractivity contribution in [2.45, 2.75) is 43.2 Å². The number of hydrogen-bond acceptors (Lipinski definition) is 8. The third kappa shape index (κ3) is 5.55. The summed E-state index contributed by atoms with van der Waals surface area (Å²) in [5, 5.41) is 10.1. The Morgan fingerprint density at radius 1 is 0.800 bits per heavy atom. The maximum absolute atomic E-state index is 12.8. The van der Waals surface area contributed by atoms with Crippen molar-refractivity contribution in [1.29, 1.82) is 0 Å². The van der Waals surface area contributed by atoms with Crippen molar-refractivity contribution in [1.82, 2.24) is 14.9 Å². The number of rotatable bonds is 8. The monoisotopic (exact) mass is 553 g/mol. The van der Waals surface area contributed by atoms with E-state index in [2.05, 4.69) is 9.97 Å². The lowest BCUT2D eigenvalue weighted by Gasteiger charge is -2.36. The largest absolute Gasteiger partial charge is 0.392 e. The van der Waals surface area contributed by atoms with E-state index in [0.717, 1.165) is 22.3 Å². The van der Waals surface area contributed by atoms with E-state index in [1.165, 1.54) is 16.7 Å². The molecule has 3 aromatic carbocycles. The molecule has 8 nitrogen and oxygen atoms in total. The summed E-state index contributed by atoms with van der Waals surface area (Å²) in [5.74, 6) is 0.107. The summed E-state index contributed by atoms with van der Waals surface area (Å²) in [4.78, 5) is 35.4. The molecule has 6 rings (SSSR count). The summed E-state index contributed by atoms with van der Waals surface area (Å²) in [7, 11) is 0. The van der Waals surface area contributed by atoms with Crippen LogP contribution in [-0.2, 0) is 22.6 Å². The van der Waals surface area contributed by atoms with Crippen molar-refractivity contribution in [3.8, 4) is 0 Å². The van der Waals surface area contributed by atoms with Crippen molar-refractivity contribution in [2.75, 3.05) is 5.75 Å². The molecular weight excluding hydrogens is 526 g/mol. The van der Waals surface area contributed by atoms with Crippen LogP contribution < -0.4 is 0 Å². The first kappa shape index (κ1) is 26.3. The van der Waals surface area contributed by atoms with E-state index in [4.69, 9.17) is 9.47 Å². The Morgan fingerprint density at radius 2 is 1.43 bits per heavy atom. The number of aromatic nitrogens is 2. The molecule has 1 saturated heterocycles. The van der Waals surface area contributed by atoms with Crippen LogP contribution in [0.2, 0.25) is 0 Å². The molecule has 0 aliphatic carbocycles. The van der Waals surface area contributed by atoms with E-state index in [1.807, 2.05) is 48.5 Å². The Morgan fingerprint density at radius 3 is 2.08 bits per heavy atom. The van der Waals surface area contributed by atoms with Crippen LogP contribution in [0, 0.1) is 0 Å². The van der Waals surface area contributed by atoms with Gasteiger partial charge in [-0.1, -0.05) is 72.4 Å². The van der Waals surface area contributed by atoms with Gasteiger partial charge < -0.3 is 14.6 Å². The highest BCUT2D eigenvalue weighted by Gasteiger charge is 2.35. The maximum Gasteiger partial charge on any atom is 0.261 e. The zero-order valence-electron chi connectivity index (χ0n) is 21.6. The Labute approximate surface area is 236 Å². The van der Waals surface area contributed by atoms with Gasteiger partial charge in [0.25, 0.3) is 11.8 Å². The lowest BCUT2D eigenvalue weighted by molar-refractivity contribution is -0.245. The quantitative estimate of drug-likeness (QED) is 0.183. The summed E-state index contributed by atoms with van der Waals surface area (Å²) in [6.07, 6.45) is 3.18. The first-order valence-electron chi connectivity index (χ1n) is 13.0. The second kappa shape index (κ2) is 11.7. The van der Waals surface area contributed by atoms with Crippen molar-refractivity contribution >= 4 is 23.6 Å². The van der Waals surface area contributed by atoms with Crippen LogP contribution in [0.1, 0.15) is 61.8 Å². The van der Waals surface area contributed by atoms with Gasteiger partial charge in [0.15, 0.2) is 11.4 Å². The highest BCUT2D eigenvalue weighted by Crippen LogP contribution is 2.39. The summed E-state index contributed by atoms with van der Waals surface area (Å²) in [6.45, 7) is 0.177. The molecule has 1 N–H and O–H groups in total. The molecule has 1 aromatic heterocycles. The average molecular weight is 554 g/mol. The van der Waals surface area contributed by atoms with Gasteiger partial charge in [0.05, 0.1) is 36.5 Å². The summed E-state index contributed by atoms with van der Waals surface area (Å²) >= 11 is 1.54. The first-order chi connectivity index (χ1) is 19.6. The van der Waals surface area contributed by atoms with Gasteiger partial charge in [-0.3, -0.25) is 14.5 Å². The molecular formula is C31H27N3O5S. The second-order valence-corrected chi connectivity index (χ2v) is 10.7. The van der Waals surface area contributed by atoms with Gasteiger partial charge in [-0.05, 0) is 34.9 Å². The number of benzene rings is 3. The molecule has 202 valence electrons.